The van der Waals surface area contributed by atoms with Gasteiger partial charge in [0, 0.05) is 0 Å². The highest BCUT2D eigenvalue weighted by Crippen LogP contribution is 2.57. The van der Waals surface area contributed by atoms with Crippen molar-refractivity contribution < 1.29 is 10.2 Å². The van der Waals surface area contributed by atoms with Crippen molar-refractivity contribution in [3.05, 3.63) is 12.2 Å². The fourth-order valence-corrected chi connectivity index (χ4v) is 4.74. The summed E-state index contributed by atoms with van der Waals surface area (Å²) in [5.41, 5.74) is 1.06. The molecule has 0 aromatic rings. The van der Waals surface area contributed by atoms with Crippen molar-refractivity contribution in [1.29, 1.82) is 0 Å². The molecule has 0 amide bonds. The Morgan fingerprint density at radius 1 is 1.30 bits per heavy atom. The number of hydrogen-bond acceptors (Lipinski definition) is 2. The Morgan fingerprint density at radius 3 is 2.65 bits per heavy atom. The van der Waals surface area contributed by atoms with Crippen LogP contribution in [0, 0.1) is 17.3 Å². The van der Waals surface area contributed by atoms with Crippen LogP contribution in [-0.4, -0.2) is 21.9 Å². The Bertz CT molecular complexity index is 355. The molecule has 2 heteroatoms. The van der Waals surface area contributed by atoms with E-state index < -0.39 is 5.60 Å². The summed E-state index contributed by atoms with van der Waals surface area (Å²) in [6.45, 7) is 10.5. The van der Waals surface area contributed by atoms with Crippen molar-refractivity contribution in [2.75, 3.05) is 0 Å². The molecule has 20 heavy (non-hydrogen) atoms. The molecular formula is C18H32O2. The Labute approximate surface area is 124 Å². The number of allylic oxidation sites excluding steroid dienone is 1. The van der Waals surface area contributed by atoms with Crippen LogP contribution < -0.4 is 0 Å². The molecular weight excluding hydrogens is 248 g/mol. The molecule has 116 valence electrons. The molecule has 0 radical (unpaired) electrons. The van der Waals surface area contributed by atoms with Gasteiger partial charge in [-0.2, -0.15) is 0 Å². The molecule has 0 bridgehead atoms. The van der Waals surface area contributed by atoms with Crippen LogP contribution in [0.25, 0.3) is 0 Å². The summed E-state index contributed by atoms with van der Waals surface area (Å²) < 4.78 is 0. The monoisotopic (exact) mass is 280 g/mol. The van der Waals surface area contributed by atoms with Gasteiger partial charge in [0.25, 0.3) is 0 Å². The molecule has 0 saturated heterocycles. The molecule has 2 aliphatic rings. The maximum absolute atomic E-state index is 10.3. The minimum absolute atomic E-state index is 0.0945. The molecule has 2 fully saturated rings. The third-order valence-corrected chi connectivity index (χ3v) is 5.87. The fourth-order valence-electron chi connectivity index (χ4n) is 4.74. The molecule has 2 saturated carbocycles. The molecule has 0 aromatic carbocycles. The predicted octanol–water partition coefficient (Wildman–Crippen LogP) is 4.06. The molecule has 0 heterocycles. The summed E-state index contributed by atoms with van der Waals surface area (Å²) in [5.74, 6) is 1.05. The SMILES string of the molecule is C=C(CCCC(C)(C)O)[C@H]1CC[C@H]2[C@@H](O)CCC[C@]12C. The molecule has 2 N–H and O–H groups in total. The number of rotatable bonds is 5. The Hall–Kier alpha value is -0.340. The zero-order chi connectivity index (χ0) is 15.0. The van der Waals surface area contributed by atoms with Crippen molar-refractivity contribution in [2.45, 2.75) is 83.8 Å². The van der Waals surface area contributed by atoms with E-state index in [4.69, 9.17) is 0 Å². The van der Waals surface area contributed by atoms with Gasteiger partial charge in [0.05, 0.1) is 11.7 Å². The zero-order valence-corrected chi connectivity index (χ0v) is 13.5. The van der Waals surface area contributed by atoms with Crippen LogP contribution in [0.1, 0.15) is 72.1 Å². The average Bonchev–Trinajstić information content (AvgIpc) is 2.66. The maximum atomic E-state index is 10.3. The van der Waals surface area contributed by atoms with E-state index in [2.05, 4.69) is 13.5 Å². The highest BCUT2D eigenvalue weighted by atomic mass is 16.3. The molecule has 0 spiro atoms. The topological polar surface area (TPSA) is 40.5 Å². The third kappa shape index (κ3) is 3.28. The van der Waals surface area contributed by atoms with Crippen molar-refractivity contribution in [2.24, 2.45) is 17.3 Å². The van der Waals surface area contributed by atoms with Gasteiger partial charge in [-0.3, -0.25) is 0 Å². The maximum Gasteiger partial charge on any atom is 0.0591 e. The lowest BCUT2D eigenvalue weighted by molar-refractivity contribution is -0.0114. The van der Waals surface area contributed by atoms with Crippen LogP contribution in [0.15, 0.2) is 12.2 Å². The van der Waals surface area contributed by atoms with Gasteiger partial charge in [-0.15, -0.1) is 0 Å². The minimum atomic E-state index is -0.566. The van der Waals surface area contributed by atoms with Crippen LogP contribution in [0.5, 0.6) is 0 Å². The molecule has 4 atom stereocenters. The van der Waals surface area contributed by atoms with Gasteiger partial charge in [-0.25, -0.2) is 0 Å². The van der Waals surface area contributed by atoms with Crippen LogP contribution in [0.2, 0.25) is 0 Å². The highest BCUT2D eigenvalue weighted by Gasteiger charge is 2.51. The number of fused-ring (bicyclic) bond motifs is 1. The summed E-state index contributed by atoms with van der Waals surface area (Å²) in [7, 11) is 0. The quantitative estimate of drug-likeness (QED) is 0.746. The van der Waals surface area contributed by atoms with Gasteiger partial charge >= 0.3 is 0 Å². The number of hydrogen-bond donors (Lipinski definition) is 2. The van der Waals surface area contributed by atoms with Crippen molar-refractivity contribution >= 4 is 0 Å². The van der Waals surface area contributed by atoms with Crippen molar-refractivity contribution in [3.8, 4) is 0 Å². The first-order chi connectivity index (χ1) is 9.24. The number of aliphatic hydroxyl groups excluding tert-OH is 1. The van der Waals surface area contributed by atoms with E-state index in [0.717, 1.165) is 38.5 Å². The van der Waals surface area contributed by atoms with Crippen molar-refractivity contribution in [3.63, 3.8) is 0 Å². The van der Waals surface area contributed by atoms with Crippen LogP contribution in [0.3, 0.4) is 0 Å². The van der Waals surface area contributed by atoms with Gasteiger partial charge in [0.15, 0.2) is 0 Å². The van der Waals surface area contributed by atoms with Gasteiger partial charge in [-0.1, -0.05) is 25.5 Å². The first-order valence-electron chi connectivity index (χ1n) is 8.32. The Kier molecular flexibility index (Phi) is 4.66. The largest absolute Gasteiger partial charge is 0.393 e. The van der Waals surface area contributed by atoms with E-state index in [1.54, 1.807) is 0 Å². The minimum Gasteiger partial charge on any atom is -0.393 e. The van der Waals surface area contributed by atoms with Crippen molar-refractivity contribution in [1.82, 2.24) is 0 Å². The summed E-state index contributed by atoms with van der Waals surface area (Å²) in [5, 5.41) is 20.1. The van der Waals surface area contributed by atoms with E-state index in [1.807, 2.05) is 13.8 Å². The van der Waals surface area contributed by atoms with Gasteiger partial charge in [0.2, 0.25) is 0 Å². The highest BCUT2D eigenvalue weighted by molar-refractivity contribution is 5.13. The summed E-state index contributed by atoms with van der Waals surface area (Å²) in [6, 6.07) is 0. The summed E-state index contributed by atoms with van der Waals surface area (Å²) >= 11 is 0. The van der Waals surface area contributed by atoms with Gasteiger partial charge < -0.3 is 10.2 Å². The van der Waals surface area contributed by atoms with Crippen LogP contribution in [0.4, 0.5) is 0 Å². The lowest BCUT2D eigenvalue weighted by Crippen LogP contribution is -2.40. The molecule has 2 rings (SSSR count). The normalized spacial score (nSPS) is 37.8. The fraction of sp³-hybridized carbons (Fsp3) is 0.889. The summed E-state index contributed by atoms with van der Waals surface area (Å²) in [6.07, 6.45) is 8.51. The third-order valence-electron chi connectivity index (χ3n) is 5.87. The number of aliphatic hydroxyl groups is 2. The molecule has 2 aliphatic carbocycles. The standard InChI is InChI=1S/C18H32O2/c1-13(7-5-11-17(2,3)20)14-9-10-15-16(19)8-6-12-18(14,15)4/h14-16,19-20H,1,5-12H2,2-4H3/t14-,15+,16+,18-/m1/s1. The first kappa shape index (κ1) is 16.0. The Morgan fingerprint density at radius 2 is 2.00 bits per heavy atom. The second kappa shape index (κ2) is 5.81. The second-order valence-electron chi connectivity index (χ2n) is 8.03. The second-order valence-corrected chi connectivity index (χ2v) is 8.03. The first-order valence-corrected chi connectivity index (χ1v) is 8.32. The van der Waals surface area contributed by atoms with E-state index in [-0.39, 0.29) is 11.5 Å². The van der Waals surface area contributed by atoms with E-state index in [0.29, 0.717) is 11.8 Å². The Balaban J connectivity index is 1.94. The molecule has 2 nitrogen and oxygen atoms in total. The lowest BCUT2D eigenvalue weighted by atomic mass is 9.62. The molecule has 0 aliphatic heterocycles. The van der Waals surface area contributed by atoms with E-state index >= 15 is 0 Å². The van der Waals surface area contributed by atoms with E-state index in [1.165, 1.54) is 18.4 Å². The predicted molar refractivity (Wildman–Crippen MR) is 83.5 cm³/mol. The molecule has 0 unspecified atom stereocenters. The lowest BCUT2D eigenvalue weighted by Gasteiger charge is -2.44. The van der Waals surface area contributed by atoms with Crippen LogP contribution >= 0.6 is 0 Å². The average molecular weight is 280 g/mol. The van der Waals surface area contributed by atoms with Crippen LogP contribution in [-0.2, 0) is 0 Å². The zero-order valence-electron chi connectivity index (χ0n) is 13.5. The van der Waals surface area contributed by atoms with Gasteiger partial charge in [0.1, 0.15) is 0 Å². The molecule has 0 aromatic heterocycles. The van der Waals surface area contributed by atoms with E-state index in [9.17, 15) is 10.2 Å². The smallest absolute Gasteiger partial charge is 0.0591 e. The summed E-state index contributed by atoms with van der Waals surface area (Å²) in [4.78, 5) is 0. The van der Waals surface area contributed by atoms with Gasteiger partial charge in [-0.05, 0) is 76.0 Å².